The minimum atomic E-state index is -0.715. The molecule has 0 saturated heterocycles. The maximum absolute atomic E-state index is 11.4. The molecule has 0 radical (unpaired) electrons. The van der Waals surface area contributed by atoms with Crippen LogP contribution in [-0.2, 0) is 4.79 Å². The Morgan fingerprint density at radius 1 is 1.47 bits per heavy atom. The molecule has 0 bridgehead atoms. The van der Waals surface area contributed by atoms with E-state index in [1.165, 1.54) is 0 Å². The van der Waals surface area contributed by atoms with Gasteiger partial charge in [0.25, 0.3) is 0 Å². The lowest BCUT2D eigenvalue weighted by molar-refractivity contribution is -0.124. The van der Waals surface area contributed by atoms with Crippen LogP contribution in [0.2, 0.25) is 0 Å². The molecule has 1 aromatic rings. The van der Waals surface area contributed by atoms with Crippen LogP contribution in [0.5, 0.6) is 5.75 Å². The molecular weight excluding hydrogens is 218 g/mol. The van der Waals surface area contributed by atoms with Crippen LogP contribution in [-0.4, -0.2) is 24.7 Å². The molecule has 0 aliphatic heterocycles. The maximum atomic E-state index is 11.4. The Morgan fingerprint density at radius 2 is 2.18 bits per heavy atom. The largest absolute Gasteiger partial charge is 0.497 e. The first-order valence-corrected chi connectivity index (χ1v) is 5.64. The van der Waals surface area contributed by atoms with Gasteiger partial charge in [-0.2, -0.15) is 0 Å². The topological polar surface area (TPSA) is 58.6 Å². The summed E-state index contributed by atoms with van der Waals surface area (Å²) in [7, 11) is 1.58. The predicted molar refractivity (Wildman–Crippen MR) is 65.8 cm³/mol. The number of methoxy groups -OCH3 is 1. The highest BCUT2D eigenvalue weighted by Crippen LogP contribution is 2.18. The van der Waals surface area contributed by atoms with Gasteiger partial charge in [-0.05, 0) is 17.7 Å². The first-order valence-electron chi connectivity index (χ1n) is 5.64. The zero-order chi connectivity index (χ0) is 12.8. The summed E-state index contributed by atoms with van der Waals surface area (Å²) in [4.78, 5) is 11.4. The van der Waals surface area contributed by atoms with E-state index < -0.39 is 6.10 Å². The number of aliphatic hydroxyl groups is 1. The summed E-state index contributed by atoms with van der Waals surface area (Å²) in [6.07, 6.45) is -0.715. The van der Waals surface area contributed by atoms with Gasteiger partial charge in [-0.25, -0.2) is 0 Å². The Hall–Kier alpha value is -1.55. The number of hydrogen-bond donors (Lipinski definition) is 2. The molecule has 0 heterocycles. The van der Waals surface area contributed by atoms with E-state index in [1.54, 1.807) is 19.2 Å². The molecule has 0 aliphatic rings. The van der Waals surface area contributed by atoms with Crippen molar-refractivity contribution in [3.8, 4) is 5.75 Å². The molecule has 0 aliphatic carbocycles. The lowest BCUT2D eigenvalue weighted by Gasteiger charge is -2.14. The standard InChI is InChI=1S/C13H19NO3/c1-9(2)13(16)14-8-12(15)10-5-4-6-11(7-10)17-3/h4-7,9,12,15H,8H2,1-3H3,(H,14,16). The minimum Gasteiger partial charge on any atom is -0.497 e. The van der Waals surface area contributed by atoms with Crippen molar-refractivity contribution in [2.75, 3.05) is 13.7 Å². The van der Waals surface area contributed by atoms with Crippen molar-refractivity contribution in [1.29, 1.82) is 0 Å². The molecule has 0 fully saturated rings. The van der Waals surface area contributed by atoms with Crippen molar-refractivity contribution in [1.82, 2.24) is 5.32 Å². The summed E-state index contributed by atoms with van der Waals surface area (Å²) in [6, 6.07) is 7.17. The second kappa shape index (κ2) is 6.25. The summed E-state index contributed by atoms with van der Waals surface area (Å²) in [5.74, 6) is 0.552. The molecule has 4 nitrogen and oxygen atoms in total. The zero-order valence-corrected chi connectivity index (χ0v) is 10.4. The molecule has 1 unspecified atom stereocenters. The third-order valence-electron chi connectivity index (χ3n) is 2.47. The molecule has 4 heteroatoms. The normalized spacial score (nSPS) is 12.3. The van der Waals surface area contributed by atoms with E-state index >= 15 is 0 Å². The second-order valence-corrected chi connectivity index (χ2v) is 4.19. The molecular formula is C13H19NO3. The van der Waals surface area contributed by atoms with Crippen molar-refractivity contribution >= 4 is 5.91 Å². The molecule has 0 aromatic heterocycles. The van der Waals surface area contributed by atoms with E-state index in [1.807, 2.05) is 26.0 Å². The number of benzene rings is 1. The third kappa shape index (κ3) is 4.07. The smallest absolute Gasteiger partial charge is 0.222 e. The van der Waals surface area contributed by atoms with Crippen LogP contribution in [0, 0.1) is 5.92 Å². The highest BCUT2D eigenvalue weighted by Gasteiger charge is 2.11. The van der Waals surface area contributed by atoms with Crippen LogP contribution in [0.4, 0.5) is 0 Å². The van der Waals surface area contributed by atoms with Gasteiger partial charge in [0.2, 0.25) is 5.91 Å². The molecule has 1 rings (SSSR count). The average molecular weight is 237 g/mol. The second-order valence-electron chi connectivity index (χ2n) is 4.19. The van der Waals surface area contributed by atoms with E-state index in [0.717, 1.165) is 5.56 Å². The van der Waals surface area contributed by atoms with Crippen LogP contribution < -0.4 is 10.1 Å². The molecule has 0 spiro atoms. The number of aliphatic hydroxyl groups excluding tert-OH is 1. The van der Waals surface area contributed by atoms with E-state index in [2.05, 4.69) is 5.32 Å². The monoisotopic (exact) mass is 237 g/mol. The van der Waals surface area contributed by atoms with E-state index in [0.29, 0.717) is 5.75 Å². The van der Waals surface area contributed by atoms with Gasteiger partial charge >= 0.3 is 0 Å². The fraction of sp³-hybridized carbons (Fsp3) is 0.462. The van der Waals surface area contributed by atoms with E-state index in [4.69, 9.17) is 4.74 Å². The van der Waals surface area contributed by atoms with Gasteiger partial charge in [-0.3, -0.25) is 4.79 Å². The Balaban J connectivity index is 2.57. The van der Waals surface area contributed by atoms with Gasteiger partial charge in [-0.1, -0.05) is 26.0 Å². The van der Waals surface area contributed by atoms with Crippen molar-refractivity contribution in [3.05, 3.63) is 29.8 Å². The minimum absolute atomic E-state index is 0.0630. The third-order valence-corrected chi connectivity index (χ3v) is 2.47. The van der Waals surface area contributed by atoms with Crippen LogP contribution >= 0.6 is 0 Å². The summed E-state index contributed by atoms with van der Waals surface area (Å²) in [6.45, 7) is 3.84. The molecule has 2 N–H and O–H groups in total. The molecule has 0 saturated carbocycles. The quantitative estimate of drug-likeness (QED) is 0.816. The fourth-order valence-corrected chi connectivity index (χ4v) is 1.37. The SMILES string of the molecule is COc1cccc(C(O)CNC(=O)C(C)C)c1. The lowest BCUT2D eigenvalue weighted by atomic mass is 10.1. The number of rotatable bonds is 5. The first-order chi connectivity index (χ1) is 8.04. The zero-order valence-electron chi connectivity index (χ0n) is 10.4. The highest BCUT2D eigenvalue weighted by molar-refractivity contribution is 5.77. The van der Waals surface area contributed by atoms with Crippen molar-refractivity contribution in [2.45, 2.75) is 20.0 Å². The van der Waals surface area contributed by atoms with Gasteiger partial charge in [0.1, 0.15) is 5.75 Å². The Morgan fingerprint density at radius 3 is 2.76 bits per heavy atom. The Kier molecular flexibility index (Phi) is 4.97. The number of amides is 1. The summed E-state index contributed by atoms with van der Waals surface area (Å²) in [5, 5.41) is 12.6. The van der Waals surface area contributed by atoms with Crippen LogP contribution in [0.1, 0.15) is 25.5 Å². The van der Waals surface area contributed by atoms with E-state index in [-0.39, 0.29) is 18.4 Å². The number of carbonyl (C=O) groups is 1. The lowest BCUT2D eigenvalue weighted by Crippen LogP contribution is -2.31. The van der Waals surface area contributed by atoms with Crippen LogP contribution in [0.15, 0.2) is 24.3 Å². The fourth-order valence-electron chi connectivity index (χ4n) is 1.37. The van der Waals surface area contributed by atoms with Crippen molar-refractivity contribution in [3.63, 3.8) is 0 Å². The molecule has 1 aromatic carbocycles. The van der Waals surface area contributed by atoms with Gasteiger partial charge in [0.15, 0.2) is 0 Å². The highest BCUT2D eigenvalue weighted by atomic mass is 16.5. The molecule has 1 amide bonds. The number of hydrogen-bond acceptors (Lipinski definition) is 3. The predicted octanol–water partition coefficient (Wildman–Crippen LogP) is 1.50. The van der Waals surface area contributed by atoms with Gasteiger partial charge in [-0.15, -0.1) is 0 Å². The van der Waals surface area contributed by atoms with Gasteiger partial charge < -0.3 is 15.2 Å². The van der Waals surface area contributed by atoms with Crippen LogP contribution in [0.25, 0.3) is 0 Å². The Bertz CT molecular complexity index is 377. The van der Waals surface area contributed by atoms with Crippen molar-refractivity contribution < 1.29 is 14.6 Å². The average Bonchev–Trinajstić information content (AvgIpc) is 2.35. The Labute approximate surface area is 102 Å². The summed E-state index contributed by atoms with van der Waals surface area (Å²) in [5.41, 5.74) is 0.730. The van der Waals surface area contributed by atoms with E-state index in [9.17, 15) is 9.90 Å². The number of carbonyl (C=O) groups excluding carboxylic acids is 1. The van der Waals surface area contributed by atoms with Gasteiger partial charge in [0.05, 0.1) is 13.2 Å². The molecule has 17 heavy (non-hydrogen) atoms. The summed E-state index contributed by atoms with van der Waals surface area (Å²) >= 11 is 0. The van der Waals surface area contributed by atoms with Crippen molar-refractivity contribution in [2.24, 2.45) is 5.92 Å². The van der Waals surface area contributed by atoms with Crippen LogP contribution in [0.3, 0.4) is 0 Å². The summed E-state index contributed by atoms with van der Waals surface area (Å²) < 4.78 is 5.07. The molecule has 94 valence electrons. The number of ether oxygens (including phenoxy) is 1. The van der Waals surface area contributed by atoms with Gasteiger partial charge in [0, 0.05) is 12.5 Å². The maximum Gasteiger partial charge on any atom is 0.222 e. The molecule has 1 atom stereocenters. The first kappa shape index (κ1) is 13.5. The number of nitrogens with one attached hydrogen (secondary N) is 1.